The molecule has 0 spiro atoms. The van der Waals surface area contributed by atoms with Crippen LogP contribution in [-0.2, 0) is 6.42 Å². The van der Waals surface area contributed by atoms with E-state index in [-0.39, 0.29) is 0 Å². The fraction of sp³-hybridized carbons (Fsp3) is 0.743. The molecule has 1 aromatic heterocycles. The molecule has 2 heteroatoms. The Morgan fingerprint density at radius 3 is 1.59 bits per heavy atom. The van der Waals surface area contributed by atoms with Crippen LogP contribution in [0.2, 0.25) is 0 Å². The number of nitrogens with one attached hydrogen (secondary N) is 1. The van der Waals surface area contributed by atoms with Gasteiger partial charge in [-0.3, -0.25) is 4.98 Å². The quantitative estimate of drug-likeness (QED) is 0.101. The molecule has 0 saturated heterocycles. The Morgan fingerprint density at radius 1 is 0.595 bits per heavy atom. The summed E-state index contributed by atoms with van der Waals surface area (Å²) in [5, 5.41) is 0. The van der Waals surface area contributed by atoms with Gasteiger partial charge >= 0.3 is 0 Å². The molecule has 2 rings (SSSR count). The molecule has 0 aliphatic carbocycles. The molecule has 0 bridgehead atoms. The van der Waals surface area contributed by atoms with E-state index >= 15 is 0 Å². The van der Waals surface area contributed by atoms with E-state index in [1.165, 1.54) is 147 Å². The molecule has 2 nitrogen and oxygen atoms in total. The third-order valence-corrected chi connectivity index (χ3v) is 8.37. The summed E-state index contributed by atoms with van der Waals surface area (Å²) < 4.78 is 2.47. The predicted molar refractivity (Wildman–Crippen MR) is 162 cm³/mol. The highest BCUT2D eigenvalue weighted by atomic mass is 15.1. The van der Waals surface area contributed by atoms with Gasteiger partial charge in [-0.1, -0.05) is 160 Å². The number of hydrogen-bond acceptors (Lipinski definition) is 0. The van der Waals surface area contributed by atoms with Gasteiger partial charge in [0.1, 0.15) is 18.4 Å². The van der Waals surface area contributed by atoms with Gasteiger partial charge in [0.05, 0.1) is 0 Å². The number of unbranched alkanes of at least 4 members (excludes halogenated alkanes) is 17. The zero-order chi connectivity index (χ0) is 26.2. The minimum Gasteiger partial charge on any atom is -0.250 e. The first-order chi connectivity index (χ1) is 18.3. The smallest absolute Gasteiger partial charge is 0.241 e. The maximum atomic E-state index is 3.31. The summed E-state index contributed by atoms with van der Waals surface area (Å²) in [6.45, 7) is 4.62. The maximum absolute atomic E-state index is 3.31. The Kier molecular flexibility index (Phi) is 19.2. The first kappa shape index (κ1) is 31.6. The summed E-state index contributed by atoms with van der Waals surface area (Å²) in [6.07, 6.45) is 37.4. The molecule has 0 saturated carbocycles. The summed E-state index contributed by atoms with van der Waals surface area (Å²) in [4.78, 5) is 3.31. The average Bonchev–Trinajstić information content (AvgIpc) is 3.46. The van der Waals surface area contributed by atoms with Crippen LogP contribution in [0, 0.1) is 5.92 Å². The Bertz CT molecular complexity index is 708. The van der Waals surface area contributed by atoms with Crippen molar-refractivity contribution in [3.63, 3.8) is 0 Å². The summed E-state index contributed by atoms with van der Waals surface area (Å²) in [5.41, 5.74) is 1.50. The largest absolute Gasteiger partial charge is 0.250 e. The predicted octanol–water partition coefficient (Wildman–Crippen LogP) is 10.9. The van der Waals surface area contributed by atoms with E-state index in [9.17, 15) is 0 Å². The highest BCUT2D eigenvalue weighted by Crippen LogP contribution is 2.29. The second-order valence-corrected chi connectivity index (χ2v) is 11.7. The van der Waals surface area contributed by atoms with Crippen LogP contribution < -0.4 is 4.57 Å². The van der Waals surface area contributed by atoms with Crippen molar-refractivity contribution < 1.29 is 4.57 Å². The lowest BCUT2D eigenvalue weighted by Gasteiger charge is -2.25. The average molecular weight is 510 g/mol. The van der Waals surface area contributed by atoms with Crippen LogP contribution in [0.25, 0.3) is 0 Å². The number of aromatic nitrogens is 2. The molecular weight excluding hydrogens is 448 g/mol. The van der Waals surface area contributed by atoms with Gasteiger partial charge in [-0.15, -0.1) is 0 Å². The SMILES string of the molecule is CCCCCCCCCCCCCCCCCCC(Cc1ccccc1)C(CCCCC)[n+]1cc[nH]c1. The second-order valence-electron chi connectivity index (χ2n) is 11.7. The molecule has 1 aromatic carbocycles. The first-order valence-electron chi connectivity index (χ1n) is 16.4. The minimum atomic E-state index is 0.606. The van der Waals surface area contributed by atoms with E-state index in [0.717, 1.165) is 0 Å². The normalized spacial score (nSPS) is 13.1. The monoisotopic (exact) mass is 509 g/mol. The number of benzene rings is 1. The van der Waals surface area contributed by atoms with Crippen LogP contribution >= 0.6 is 0 Å². The molecule has 1 heterocycles. The lowest BCUT2D eigenvalue weighted by molar-refractivity contribution is -0.730. The molecule has 0 radical (unpaired) electrons. The molecular formula is C35H61N2+. The van der Waals surface area contributed by atoms with Crippen LogP contribution in [0.5, 0.6) is 0 Å². The van der Waals surface area contributed by atoms with Gasteiger partial charge in [0, 0.05) is 5.92 Å². The van der Waals surface area contributed by atoms with Gasteiger partial charge in [-0.05, 0) is 31.2 Å². The lowest BCUT2D eigenvalue weighted by Crippen LogP contribution is -2.42. The second kappa shape index (κ2) is 22.4. The number of H-pyrrole nitrogens is 1. The van der Waals surface area contributed by atoms with Crippen molar-refractivity contribution in [2.45, 2.75) is 161 Å². The molecule has 37 heavy (non-hydrogen) atoms. The van der Waals surface area contributed by atoms with Crippen molar-refractivity contribution in [1.82, 2.24) is 4.98 Å². The Morgan fingerprint density at radius 2 is 1.08 bits per heavy atom. The molecule has 0 amide bonds. The van der Waals surface area contributed by atoms with E-state index in [2.05, 4.69) is 72.5 Å². The first-order valence-corrected chi connectivity index (χ1v) is 16.4. The minimum absolute atomic E-state index is 0.606. The number of hydrogen-bond donors (Lipinski definition) is 1. The zero-order valence-corrected chi connectivity index (χ0v) is 24.8. The van der Waals surface area contributed by atoms with Crippen LogP contribution in [-0.4, -0.2) is 4.98 Å². The Balaban J connectivity index is 1.62. The number of nitrogens with zero attached hydrogens (tertiary/aromatic N) is 1. The molecule has 2 aromatic rings. The molecule has 2 unspecified atom stereocenters. The van der Waals surface area contributed by atoms with Gasteiger partial charge < -0.3 is 0 Å². The topological polar surface area (TPSA) is 19.7 Å². The van der Waals surface area contributed by atoms with Crippen LogP contribution in [0.4, 0.5) is 0 Å². The lowest BCUT2D eigenvalue weighted by atomic mass is 9.84. The highest BCUT2D eigenvalue weighted by Gasteiger charge is 2.26. The van der Waals surface area contributed by atoms with Crippen LogP contribution in [0.15, 0.2) is 49.1 Å². The summed E-state index contributed by atoms with van der Waals surface area (Å²) in [5.74, 6) is 0.715. The van der Waals surface area contributed by atoms with Crippen molar-refractivity contribution in [3.8, 4) is 0 Å². The third-order valence-electron chi connectivity index (χ3n) is 8.37. The van der Waals surface area contributed by atoms with E-state index in [4.69, 9.17) is 0 Å². The Hall–Kier alpha value is -1.57. The Labute approximate surface area is 231 Å². The fourth-order valence-corrected chi connectivity index (χ4v) is 6.04. The number of rotatable bonds is 25. The maximum Gasteiger partial charge on any atom is 0.241 e. The summed E-state index contributed by atoms with van der Waals surface area (Å²) >= 11 is 0. The van der Waals surface area contributed by atoms with Gasteiger partial charge in [-0.2, -0.15) is 0 Å². The van der Waals surface area contributed by atoms with Crippen molar-refractivity contribution in [2.24, 2.45) is 5.92 Å². The van der Waals surface area contributed by atoms with E-state index in [0.29, 0.717) is 12.0 Å². The van der Waals surface area contributed by atoms with E-state index in [1.54, 1.807) is 0 Å². The van der Waals surface area contributed by atoms with Crippen molar-refractivity contribution >= 4 is 0 Å². The van der Waals surface area contributed by atoms with Crippen molar-refractivity contribution in [1.29, 1.82) is 0 Å². The van der Waals surface area contributed by atoms with Crippen molar-refractivity contribution in [3.05, 3.63) is 54.6 Å². The molecule has 0 fully saturated rings. The highest BCUT2D eigenvalue weighted by molar-refractivity contribution is 5.15. The van der Waals surface area contributed by atoms with Gasteiger partial charge in [-0.25, -0.2) is 4.57 Å². The molecule has 0 aliphatic heterocycles. The number of imidazole rings is 1. The standard InChI is InChI=1S/C35H60N2/c1-3-5-7-8-9-10-11-12-13-14-15-16-17-18-19-24-27-34(31-33-25-22-20-23-26-33)35(28-21-6-4-2)37-30-29-36-32-37/h20,22-23,25-26,29-30,32,34-35H,3-19,21,24,27-28,31H2,1-2H3/p+1. The zero-order valence-electron chi connectivity index (χ0n) is 24.8. The van der Waals surface area contributed by atoms with Crippen molar-refractivity contribution in [2.75, 3.05) is 0 Å². The van der Waals surface area contributed by atoms with Crippen LogP contribution in [0.3, 0.4) is 0 Å². The third kappa shape index (κ3) is 15.4. The molecule has 1 N–H and O–H groups in total. The van der Waals surface area contributed by atoms with Gasteiger partial charge in [0.25, 0.3) is 0 Å². The fourth-order valence-electron chi connectivity index (χ4n) is 6.04. The molecule has 210 valence electrons. The van der Waals surface area contributed by atoms with E-state index in [1.807, 2.05) is 0 Å². The number of aromatic amines is 1. The van der Waals surface area contributed by atoms with Gasteiger partial charge in [0.2, 0.25) is 6.33 Å². The molecule has 2 atom stereocenters. The summed E-state index contributed by atoms with van der Waals surface area (Å²) in [7, 11) is 0. The van der Waals surface area contributed by atoms with Crippen LogP contribution in [0.1, 0.15) is 160 Å². The van der Waals surface area contributed by atoms with E-state index < -0.39 is 0 Å². The molecule has 0 aliphatic rings. The van der Waals surface area contributed by atoms with Gasteiger partial charge in [0.15, 0.2) is 0 Å². The summed E-state index contributed by atoms with van der Waals surface area (Å²) in [6, 6.07) is 11.8.